The van der Waals surface area contributed by atoms with Crippen molar-refractivity contribution < 1.29 is 22.8 Å². The first-order chi connectivity index (χ1) is 13.4. The van der Waals surface area contributed by atoms with Crippen LogP contribution in [0.4, 0.5) is 19.0 Å². The van der Waals surface area contributed by atoms with Gasteiger partial charge in [0, 0.05) is 12.8 Å². The van der Waals surface area contributed by atoms with Crippen molar-refractivity contribution in [3.63, 3.8) is 0 Å². The van der Waals surface area contributed by atoms with Gasteiger partial charge in [-0.05, 0) is 34.7 Å². The van der Waals surface area contributed by atoms with E-state index in [0.717, 1.165) is 19.9 Å². The van der Waals surface area contributed by atoms with Crippen molar-refractivity contribution in [2.75, 3.05) is 5.73 Å². The fraction of sp³-hybridized carbons (Fsp3) is 0.200. The van der Waals surface area contributed by atoms with Crippen molar-refractivity contribution in [2.24, 2.45) is 0 Å². The summed E-state index contributed by atoms with van der Waals surface area (Å²) >= 11 is 15.2. The molecule has 1 aliphatic rings. The van der Waals surface area contributed by atoms with E-state index < -0.39 is 11.7 Å². The second kappa shape index (κ2) is 9.23. The zero-order chi connectivity index (χ0) is 22.1. The van der Waals surface area contributed by atoms with Crippen molar-refractivity contribution >= 4 is 86.3 Å². The van der Waals surface area contributed by atoms with Gasteiger partial charge in [0.2, 0.25) is 11.8 Å². The molecule has 1 fully saturated rings. The number of imide groups is 1. The number of carbonyl (C=O) groups excluding carboxylic acids is 2. The van der Waals surface area contributed by atoms with Crippen LogP contribution in [-0.2, 0) is 15.8 Å². The summed E-state index contributed by atoms with van der Waals surface area (Å²) in [4.78, 5) is 21.0. The molecule has 1 aliphatic heterocycles. The lowest BCUT2D eigenvalue weighted by Crippen LogP contribution is -2.16. The van der Waals surface area contributed by atoms with Crippen molar-refractivity contribution in [3.05, 3.63) is 37.0 Å². The second-order valence-electron chi connectivity index (χ2n) is 5.43. The Balaban J connectivity index is 0.000000313. The molecule has 0 saturated carbocycles. The molecule has 1 aromatic carbocycles. The molecular formula is C15H8Cl2F3I2N5O2. The van der Waals surface area contributed by atoms with E-state index in [1.807, 2.05) is 6.07 Å². The average Bonchev–Trinajstić information content (AvgIpc) is 3.08. The Hall–Kier alpha value is -1.31. The van der Waals surface area contributed by atoms with Crippen LogP contribution >= 0.6 is 68.7 Å². The van der Waals surface area contributed by atoms with E-state index in [9.17, 15) is 22.8 Å². The van der Waals surface area contributed by atoms with Gasteiger partial charge in [-0.15, -0.1) is 0 Å². The summed E-state index contributed by atoms with van der Waals surface area (Å²) in [5, 5.41) is 12.2. The SMILES string of the molecule is N#Cc1nn(-c2c(Cl)cc(C(F)(F)F)cc2Cl)c(N)c1I.O=C1CCC(=O)N1I. The van der Waals surface area contributed by atoms with Gasteiger partial charge in [0.05, 0.1) is 42.0 Å². The number of nitrogen functional groups attached to an aromatic ring is 1. The number of halogens is 7. The lowest BCUT2D eigenvalue weighted by Gasteiger charge is -2.13. The summed E-state index contributed by atoms with van der Waals surface area (Å²) in [6.07, 6.45) is -3.79. The molecule has 0 atom stereocenters. The molecule has 0 radical (unpaired) electrons. The van der Waals surface area contributed by atoms with Crippen LogP contribution in [0.3, 0.4) is 0 Å². The molecule has 0 aliphatic carbocycles. The van der Waals surface area contributed by atoms with Gasteiger partial charge in [-0.25, -0.2) is 7.80 Å². The molecular weight excluding hydrogens is 664 g/mol. The van der Waals surface area contributed by atoms with Crippen LogP contribution in [0.2, 0.25) is 10.0 Å². The Bertz CT molecular complexity index is 997. The van der Waals surface area contributed by atoms with Gasteiger partial charge in [-0.3, -0.25) is 9.59 Å². The zero-order valence-electron chi connectivity index (χ0n) is 13.9. The van der Waals surface area contributed by atoms with Crippen molar-refractivity contribution in [1.82, 2.24) is 12.9 Å². The van der Waals surface area contributed by atoms with E-state index in [1.54, 1.807) is 45.5 Å². The molecule has 0 spiro atoms. The van der Waals surface area contributed by atoms with Crippen molar-refractivity contribution in [3.8, 4) is 11.8 Å². The molecule has 0 unspecified atom stereocenters. The number of amides is 2. The predicted octanol–water partition coefficient (Wildman–Crippen LogP) is 4.74. The molecule has 154 valence electrons. The Kier molecular flexibility index (Phi) is 7.63. The van der Waals surface area contributed by atoms with Crippen LogP contribution in [0, 0.1) is 14.9 Å². The number of anilines is 1. The molecule has 2 heterocycles. The van der Waals surface area contributed by atoms with Gasteiger partial charge in [0.15, 0.2) is 5.69 Å². The third kappa shape index (κ3) is 5.25. The van der Waals surface area contributed by atoms with Crippen LogP contribution < -0.4 is 5.73 Å². The first-order valence-corrected chi connectivity index (χ1v) is 10.2. The number of nitriles is 1. The van der Waals surface area contributed by atoms with E-state index >= 15 is 0 Å². The van der Waals surface area contributed by atoms with E-state index in [1.165, 1.54) is 0 Å². The number of nitrogens with two attached hydrogens (primary N) is 1. The first-order valence-electron chi connectivity index (χ1n) is 7.40. The minimum Gasteiger partial charge on any atom is -0.383 e. The van der Waals surface area contributed by atoms with Gasteiger partial charge in [-0.2, -0.15) is 23.5 Å². The highest BCUT2D eigenvalue weighted by atomic mass is 127. The summed E-state index contributed by atoms with van der Waals surface area (Å²) in [6.45, 7) is 0. The Morgan fingerprint density at radius 1 is 1.17 bits per heavy atom. The van der Waals surface area contributed by atoms with Crippen LogP contribution in [0.5, 0.6) is 0 Å². The Morgan fingerprint density at radius 3 is 1.97 bits per heavy atom. The molecule has 14 heteroatoms. The van der Waals surface area contributed by atoms with Gasteiger partial charge in [-0.1, -0.05) is 23.2 Å². The average molecular weight is 672 g/mol. The fourth-order valence-electron chi connectivity index (χ4n) is 2.13. The molecule has 1 aromatic heterocycles. The summed E-state index contributed by atoms with van der Waals surface area (Å²) in [7, 11) is 0. The van der Waals surface area contributed by atoms with Gasteiger partial charge >= 0.3 is 6.18 Å². The van der Waals surface area contributed by atoms with E-state index in [-0.39, 0.29) is 39.1 Å². The maximum absolute atomic E-state index is 12.7. The quantitative estimate of drug-likeness (QED) is 0.268. The zero-order valence-corrected chi connectivity index (χ0v) is 19.7. The first kappa shape index (κ1) is 24.0. The summed E-state index contributed by atoms with van der Waals surface area (Å²) in [5.41, 5.74) is 4.81. The Morgan fingerprint density at radius 2 is 1.66 bits per heavy atom. The summed E-state index contributed by atoms with van der Waals surface area (Å²) in [6, 6.07) is 3.27. The van der Waals surface area contributed by atoms with E-state index in [4.69, 9.17) is 34.2 Å². The lowest BCUT2D eigenvalue weighted by atomic mass is 10.2. The number of nitrogens with zero attached hydrogens (tertiary/aromatic N) is 4. The van der Waals surface area contributed by atoms with E-state index in [0.29, 0.717) is 16.4 Å². The topological polar surface area (TPSA) is 105 Å². The summed E-state index contributed by atoms with van der Waals surface area (Å²) < 4.78 is 40.6. The number of rotatable bonds is 1. The van der Waals surface area contributed by atoms with Crippen LogP contribution in [0.25, 0.3) is 5.69 Å². The minimum atomic E-state index is -4.58. The lowest BCUT2D eigenvalue weighted by molar-refractivity contribution is -0.137. The number of alkyl halides is 3. The third-order valence-corrected chi connectivity index (χ3v) is 6.23. The highest BCUT2D eigenvalue weighted by Gasteiger charge is 2.32. The standard InChI is InChI=1S/C11H4Cl2F3IN4.C4H4INO2/c12-5-1-4(11(14,15)16)2-6(13)9(5)21-10(19)8(17)7(3-18)20-21;5-6-3(7)1-2-4(6)8/h1-2H,19H2;1-2H2. The normalized spacial score (nSPS) is 13.9. The molecule has 2 N–H and O–H groups in total. The maximum atomic E-state index is 12.7. The smallest absolute Gasteiger partial charge is 0.383 e. The number of hydrogen-bond donors (Lipinski definition) is 1. The summed E-state index contributed by atoms with van der Waals surface area (Å²) in [5.74, 6) is -0.0816. The highest BCUT2D eigenvalue weighted by molar-refractivity contribution is 14.1. The predicted molar refractivity (Wildman–Crippen MR) is 116 cm³/mol. The maximum Gasteiger partial charge on any atom is 0.416 e. The fourth-order valence-corrected chi connectivity index (χ4v) is 3.72. The van der Waals surface area contributed by atoms with Crippen LogP contribution in [0.15, 0.2) is 12.1 Å². The minimum absolute atomic E-state index is 0.0109. The largest absolute Gasteiger partial charge is 0.416 e. The van der Waals surface area contributed by atoms with Gasteiger partial charge in [0.1, 0.15) is 17.6 Å². The molecule has 1 saturated heterocycles. The number of hydrogen-bond acceptors (Lipinski definition) is 5. The molecule has 2 amide bonds. The van der Waals surface area contributed by atoms with Crippen LogP contribution in [-0.4, -0.2) is 24.7 Å². The monoisotopic (exact) mass is 671 g/mol. The highest BCUT2D eigenvalue weighted by Crippen LogP contribution is 2.38. The number of carbonyl (C=O) groups is 2. The number of benzene rings is 1. The third-order valence-electron chi connectivity index (χ3n) is 3.51. The molecule has 2 aromatic rings. The van der Waals surface area contributed by atoms with Crippen molar-refractivity contribution in [2.45, 2.75) is 19.0 Å². The second-order valence-corrected chi connectivity index (χ2v) is 8.28. The van der Waals surface area contributed by atoms with E-state index in [2.05, 4.69) is 5.10 Å². The Labute approximate surface area is 199 Å². The molecule has 0 bridgehead atoms. The molecule has 29 heavy (non-hydrogen) atoms. The van der Waals surface area contributed by atoms with Gasteiger partial charge in [0.25, 0.3) is 0 Å². The molecule has 7 nitrogen and oxygen atoms in total. The van der Waals surface area contributed by atoms with Crippen LogP contribution in [0.1, 0.15) is 24.1 Å². The van der Waals surface area contributed by atoms with Gasteiger partial charge < -0.3 is 5.73 Å². The van der Waals surface area contributed by atoms with Crippen molar-refractivity contribution in [1.29, 1.82) is 5.26 Å². The number of aromatic nitrogens is 2. The molecule has 3 rings (SSSR count).